The van der Waals surface area contributed by atoms with E-state index in [2.05, 4.69) is 13.8 Å². The Bertz CT molecular complexity index is 850. The van der Waals surface area contributed by atoms with Crippen LogP contribution in [0.3, 0.4) is 0 Å². The summed E-state index contributed by atoms with van der Waals surface area (Å²) in [4.78, 5) is 19.8. The molecule has 1 aliphatic rings. The van der Waals surface area contributed by atoms with Crippen molar-refractivity contribution in [3.05, 3.63) is 59.7 Å². The van der Waals surface area contributed by atoms with Gasteiger partial charge in [-0.3, -0.25) is 14.7 Å². The molecule has 0 spiro atoms. The Morgan fingerprint density at radius 3 is 2.48 bits per heavy atom. The number of benzene rings is 2. The molecular formula is C21H24N2O3S. The molecule has 0 bridgehead atoms. The van der Waals surface area contributed by atoms with E-state index in [0.29, 0.717) is 23.6 Å². The molecule has 0 saturated carbocycles. The summed E-state index contributed by atoms with van der Waals surface area (Å²) in [5.41, 5.74) is 1.36. The van der Waals surface area contributed by atoms with Gasteiger partial charge in [0.1, 0.15) is 0 Å². The van der Waals surface area contributed by atoms with Crippen LogP contribution in [0.1, 0.15) is 29.8 Å². The molecule has 142 valence electrons. The Labute approximate surface area is 164 Å². The number of rotatable bonds is 5. The number of ether oxygens (including phenoxy) is 2. The highest BCUT2D eigenvalue weighted by molar-refractivity contribution is 8.14. The van der Waals surface area contributed by atoms with Crippen LogP contribution in [0.15, 0.2) is 53.5 Å². The van der Waals surface area contributed by atoms with Crippen LogP contribution in [0, 0.1) is 0 Å². The number of thioether (sulfide) groups is 1. The number of hydrogen-bond donors (Lipinski definition) is 0. The number of carbonyl (C=O) groups excluding carboxylic acids is 1. The van der Waals surface area contributed by atoms with E-state index in [4.69, 9.17) is 14.5 Å². The fourth-order valence-electron chi connectivity index (χ4n) is 2.95. The van der Waals surface area contributed by atoms with E-state index >= 15 is 0 Å². The summed E-state index contributed by atoms with van der Waals surface area (Å²) in [6.45, 7) is 4.67. The monoisotopic (exact) mass is 384 g/mol. The van der Waals surface area contributed by atoms with Gasteiger partial charge in [-0.25, -0.2) is 0 Å². The highest BCUT2D eigenvalue weighted by atomic mass is 32.2. The zero-order valence-corrected chi connectivity index (χ0v) is 16.9. The fraction of sp³-hybridized carbons (Fsp3) is 0.333. The minimum atomic E-state index is -0.315. The van der Waals surface area contributed by atoms with Gasteiger partial charge in [0.15, 0.2) is 16.7 Å². The molecule has 6 heteroatoms. The third-order valence-electron chi connectivity index (χ3n) is 4.42. The van der Waals surface area contributed by atoms with Crippen LogP contribution in [-0.4, -0.2) is 41.5 Å². The van der Waals surface area contributed by atoms with Gasteiger partial charge in [-0.1, -0.05) is 42.1 Å². The minimum Gasteiger partial charge on any atom is -0.493 e. The average Bonchev–Trinajstić information content (AvgIpc) is 3.00. The molecule has 0 aliphatic carbocycles. The number of amidine groups is 1. The van der Waals surface area contributed by atoms with E-state index in [1.54, 1.807) is 49.1 Å². The standard InChI is InChI=1S/C21H24N2O3S/c1-21(2)14-27-20(22-13-15-8-6-5-7-9-15)23(21)19(24)16-10-11-17(25-3)18(12-16)26-4/h5-12H,13-14H2,1-4H3. The number of amides is 1. The highest BCUT2D eigenvalue weighted by Crippen LogP contribution is 2.36. The first-order valence-electron chi connectivity index (χ1n) is 8.74. The zero-order chi connectivity index (χ0) is 19.4. The lowest BCUT2D eigenvalue weighted by Gasteiger charge is -2.30. The van der Waals surface area contributed by atoms with E-state index in [1.165, 1.54) is 0 Å². The quantitative estimate of drug-likeness (QED) is 0.774. The number of carbonyl (C=O) groups is 1. The van der Waals surface area contributed by atoms with Gasteiger partial charge in [-0.2, -0.15) is 0 Å². The van der Waals surface area contributed by atoms with Crippen molar-refractivity contribution in [3.8, 4) is 11.5 Å². The lowest BCUT2D eigenvalue weighted by atomic mass is 10.0. The SMILES string of the molecule is COc1ccc(C(=O)N2C(=NCc3ccccc3)SCC2(C)C)cc1OC. The maximum atomic E-state index is 13.3. The molecule has 5 nitrogen and oxygen atoms in total. The van der Waals surface area contributed by atoms with Crippen molar-refractivity contribution in [1.82, 2.24) is 4.90 Å². The average molecular weight is 385 g/mol. The number of aliphatic imine (C=N–C) groups is 1. The lowest BCUT2D eigenvalue weighted by Crippen LogP contribution is -2.46. The summed E-state index contributed by atoms with van der Waals surface area (Å²) in [5.74, 6) is 1.86. The normalized spacial score (nSPS) is 17.2. The van der Waals surface area contributed by atoms with Crippen molar-refractivity contribution in [2.75, 3.05) is 20.0 Å². The molecule has 1 saturated heterocycles. The highest BCUT2D eigenvalue weighted by Gasteiger charge is 2.41. The Morgan fingerprint density at radius 1 is 1.11 bits per heavy atom. The van der Waals surface area contributed by atoms with Gasteiger partial charge in [0.05, 0.1) is 26.3 Å². The molecule has 0 radical (unpaired) electrons. The van der Waals surface area contributed by atoms with Crippen LogP contribution < -0.4 is 9.47 Å². The Balaban J connectivity index is 1.90. The van der Waals surface area contributed by atoms with Gasteiger partial charge in [0.2, 0.25) is 0 Å². The van der Waals surface area contributed by atoms with Gasteiger partial charge in [0, 0.05) is 11.3 Å². The molecule has 1 aliphatic heterocycles. The Hall–Kier alpha value is -2.47. The number of hydrogen-bond acceptors (Lipinski definition) is 5. The van der Waals surface area contributed by atoms with Crippen molar-refractivity contribution in [3.63, 3.8) is 0 Å². The molecule has 1 amide bonds. The third-order valence-corrected chi connectivity index (χ3v) is 5.85. The van der Waals surface area contributed by atoms with Crippen molar-refractivity contribution in [2.45, 2.75) is 25.9 Å². The summed E-state index contributed by atoms with van der Waals surface area (Å²) in [6.07, 6.45) is 0. The summed E-state index contributed by atoms with van der Waals surface area (Å²) >= 11 is 1.62. The molecule has 0 aromatic heterocycles. The fourth-order valence-corrected chi connectivity index (χ4v) is 4.17. The van der Waals surface area contributed by atoms with Crippen LogP contribution in [-0.2, 0) is 6.54 Å². The largest absolute Gasteiger partial charge is 0.493 e. The third kappa shape index (κ3) is 4.11. The lowest BCUT2D eigenvalue weighted by molar-refractivity contribution is 0.0766. The van der Waals surface area contributed by atoms with Gasteiger partial charge >= 0.3 is 0 Å². The number of methoxy groups -OCH3 is 2. The minimum absolute atomic E-state index is 0.0854. The van der Waals surface area contributed by atoms with Gasteiger partial charge < -0.3 is 9.47 Å². The molecule has 1 fully saturated rings. The van der Waals surface area contributed by atoms with Crippen LogP contribution in [0.2, 0.25) is 0 Å². The van der Waals surface area contributed by atoms with E-state index in [0.717, 1.165) is 16.5 Å². The van der Waals surface area contributed by atoms with E-state index in [1.807, 2.05) is 30.3 Å². The van der Waals surface area contributed by atoms with Crippen LogP contribution in [0.5, 0.6) is 11.5 Å². The molecule has 1 heterocycles. The summed E-state index contributed by atoms with van der Waals surface area (Å²) < 4.78 is 10.6. The van der Waals surface area contributed by atoms with Gasteiger partial charge in [0.25, 0.3) is 5.91 Å². The van der Waals surface area contributed by atoms with Crippen molar-refractivity contribution < 1.29 is 14.3 Å². The maximum absolute atomic E-state index is 13.3. The second kappa shape index (κ2) is 8.05. The first-order valence-corrected chi connectivity index (χ1v) is 9.72. The molecule has 0 atom stereocenters. The van der Waals surface area contributed by atoms with Crippen molar-refractivity contribution in [1.29, 1.82) is 0 Å². The van der Waals surface area contributed by atoms with E-state index in [-0.39, 0.29) is 11.4 Å². The molecule has 2 aromatic rings. The summed E-state index contributed by atoms with van der Waals surface area (Å²) in [6, 6.07) is 15.3. The van der Waals surface area contributed by atoms with Gasteiger partial charge in [-0.15, -0.1) is 0 Å². The van der Waals surface area contributed by atoms with Gasteiger partial charge in [-0.05, 0) is 37.6 Å². The maximum Gasteiger partial charge on any atom is 0.260 e. The van der Waals surface area contributed by atoms with E-state index < -0.39 is 0 Å². The molecule has 0 unspecified atom stereocenters. The van der Waals surface area contributed by atoms with Crippen LogP contribution in [0.25, 0.3) is 0 Å². The summed E-state index contributed by atoms with van der Waals surface area (Å²) in [7, 11) is 3.14. The van der Waals surface area contributed by atoms with E-state index in [9.17, 15) is 4.79 Å². The zero-order valence-electron chi connectivity index (χ0n) is 16.1. The topological polar surface area (TPSA) is 51.1 Å². The van der Waals surface area contributed by atoms with Crippen LogP contribution >= 0.6 is 11.8 Å². The Morgan fingerprint density at radius 2 is 1.81 bits per heavy atom. The molecule has 3 rings (SSSR count). The van der Waals surface area contributed by atoms with Crippen molar-refractivity contribution >= 4 is 22.8 Å². The molecule has 0 N–H and O–H groups in total. The molecule has 27 heavy (non-hydrogen) atoms. The molecule has 2 aromatic carbocycles. The first-order chi connectivity index (χ1) is 13.0. The Kier molecular flexibility index (Phi) is 5.75. The summed E-state index contributed by atoms with van der Waals surface area (Å²) in [5, 5.41) is 0.753. The first kappa shape index (κ1) is 19.3. The van der Waals surface area contributed by atoms with Crippen LogP contribution in [0.4, 0.5) is 0 Å². The predicted octanol–water partition coefficient (Wildman–Crippen LogP) is 4.23. The van der Waals surface area contributed by atoms with Crippen molar-refractivity contribution in [2.24, 2.45) is 4.99 Å². The number of nitrogens with zero attached hydrogens (tertiary/aromatic N) is 2. The molecular weight excluding hydrogens is 360 g/mol. The predicted molar refractivity (Wildman–Crippen MR) is 110 cm³/mol. The smallest absolute Gasteiger partial charge is 0.260 e. The second-order valence-electron chi connectivity index (χ2n) is 6.90. The second-order valence-corrected chi connectivity index (χ2v) is 7.84.